The molecule has 5 heteroatoms. The Morgan fingerprint density at radius 2 is 1.75 bits per heavy atom. The number of anilines is 1. The highest BCUT2D eigenvalue weighted by Crippen LogP contribution is 2.17. The minimum absolute atomic E-state index is 0.0930. The van der Waals surface area contributed by atoms with Crippen LogP contribution in [0, 0.1) is 5.92 Å². The zero-order valence-electron chi connectivity index (χ0n) is 15.2. The Morgan fingerprint density at radius 3 is 2.29 bits per heavy atom. The first-order valence-electron chi connectivity index (χ1n) is 8.82. The van der Waals surface area contributed by atoms with Gasteiger partial charge in [0.15, 0.2) is 0 Å². The van der Waals surface area contributed by atoms with Crippen molar-refractivity contribution in [1.29, 1.82) is 0 Å². The molecule has 0 heterocycles. The van der Waals surface area contributed by atoms with Gasteiger partial charge in [0.05, 0.1) is 6.10 Å². The van der Waals surface area contributed by atoms with Gasteiger partial charge < -0.3 is 15.4 Å². The number of carbonyl (C=O) groups excluding carboxylic acids is 2. The summed E-state index contributed by atoms with van der Waals surface area (Å²) in [6.45, 7) is 8.70. The average molecular weight is 334 g/mol. The van der Waals surface area contributed by atoms with Crippen molar-refractivity contribution in [1.82, 2.24) is 5.32 Å². The number of nitrogens with one attached hydrogen (secondary N) is 2. The molecule has 0 aliphatic rings. The highest BCUT2D eigenvalue weighted by molar-refractivity contribution is 6.39. The zero-order chi connectivity index (χ0) is 17.9. The number of benzene rings is 1. The van der Waals surface area contributed by atoms with Gasteiger partial charge in [-0.1, -0.05) is 33.1 Å². The van der Waals surface area contributed by atoms with Crippen LogP contribution >= 0.6 is 0 Å². The van der Waals surface area contributed by atoms with E-state index in [9.17, 15) is 9.59 Å². The second-order valence-electron chi connectivity index (χ2n) is 6.27. The molecule has 0 bridgehead atoms. The SMILES string of the molecule is CCCC[C@H](CC)CNC(=O)C(=O)Nc1ccc(OC(C)C)cc1. The van der Waals surface area contributed by atoms with E-state index in [1.54, 1.807) is 24.3 Å². The molecule has 0 spiro atoms. The number of hydrogen-bond acceptors (Lipinski definition) is 3. The molecule has 0 saturated carbocycles. The van der Waals surface area contributed by atoms with E-state index in [4.69, 9.17) is 4.74 Å². The van der Waals surface area contributed by atoms with Crippen LogP contribution in [0.2, 0.25) is 0 Å². The fourth-order valence-electron chi connectivity index (χ4n) is 2.34. The van der Waals surface area contributed by atoms with Gasteiger partial charge in [-0.2, -0.15) is 0 Å². The molecule has 1 atom stereocenters. The highest BCUT2D eigenvalue weighted by Gasteiger charge is 2.15. The third-order valence-electron chi connectivity index (χ3n) is 3.78. The Bertz CT molecular complexity index is 512. The van der Waals surface area contributed by atoms with Gasteiger partial charge in [0.1, 0.15) is 5.75 Å². The average Bonchev–Trinajstić information content (AvgIpc) is 2.56. The van der Waals surface area contributed by atoms with Crippen molar-refractivity contribution < 1.29 is 14.3 Å². The fraction of sp³-hybridized carbons (Fsp3) is 0.579. The number of carbonyl (C=O) groups is 2. The van der Waals surface area contributed by atoms with Gasteiger partial charge in [0.2, 0.25) is 0 Å². The summed E-state index contributed by atoms with van der Waals surface area (Å²) in [4.78, 5) is 23.8. The van der Waals surface area contributed by atoms with E-state index in [2.05, 4.69) is 24.5 Å². The number of rotatable bonds is 9. The van der Waals surface area contributed by atoms with E-state index in [1.165, 1.54) is 0 Å². The van der Waals surface area contributed by atoms with Crippen LogP contribution in [0.25, 0.3) is 0 Å². The molecule has 0 fully saturated rings. The molecule has 0 aliphatic heterocycles. The highest BCUT2D eigenvalue weighted by atomic mass is 16.5. The largest absolute Gasteiger partial charge is 0.491 e. The van der Waals surface area contributed by atoms with Gasteiger partial charge in [-0.3, -0.25) is 9.59 Å². The molecule has 0 saturated heterocycles. The minimum atomic E-state index is -0.641. The Morgan fingerprint density at radius 1 is 1.08 bits per heavy atom. The second-order valence-corrected chi connectivity index (χ2v) is 6.27. The van der Waals surface area contributed by atoms with Gasteiger partial charge in [-0.15, -0.1) is 0 Å². The van der Waals surface area contributed by atoms with Crippen LogP contribution < -0.4 is 15.4 Å². The van der Waals surface area contributed by atoms with Crippen molar-refractivity contribution in [2.24, 2.45) is 5.92 Å². The molecule has 2 N–H and O–H groups in total. The van der Waals surface area contributed by atoms with Gasteiger partial charge >= 0.3 is 11.8 Å². The zero-order valence-corrected chi connectivity index (χ0v) is 15.2. The van der Waals surface area contributed by atoms with Gasteiger partial charge in [-0.05, 0) is 50.5 Å². The molecule has 2 amide bonds. The smallest absolute Gasteiger partial charge is 0.313 e. The molecular formula is C19H30N2O3. The summed E-state index contributed by atoms with van der Waals surface area (Å²) >= 11 is 0. The lowest BCUT2D eigenvalue weighted by Crippen LogP contribution is -2.38. The van der Waals surface area contributed by atoms with Gasteiger partial charge in [-0.25, -0.2) is 0 Å². The third kappa shape index (κ3) is 7.49. The first-order valence-corrected chi connectivity index (χ1v) is 8.82. The van der Waals surface area contributed by atoms with Crippen LogP contribution in [0.3, 0.4) is 0 Å². The molecule has 1 aromatic carbocycles. The Kier molecular flexibility index (Phi) is 8.90. The quantitative estimate of drug-likeness (QED) is 0.676. The lowest BCUT2D eigenvalue weighted by Gasteiger charge is -2.15. The summed E-state index contributed by atoms with van der Waals surface area (Å²) in [7, 11) is 0. The summed E-state index contributed by atoms with van der Waals surface area (Å²) in [6, 6.07) is 6.98. The van der Waals surface area contributed by atoms with E-state index >= 15 is 0 Å². The Labute approximate surface area is 145 Å². The van der Waals surface area contributed by atoms with Gasteiger partial charge in [0.25, 0.3) is 0 Å². The molecule has 0 aromatic heterocycles. The number of ether oxygens (including phenoxy) is 1. The van der Waals surface area contributed by atoms with Crippen LogP contribution in [0.1, 0.15) is 53.4 Å². The van der Waals surface area contributed by atoms with Gasteiger partial charge in [0, 0.05) is 12.2 Å². The monoisotopic (exact) mass is 334 g/mol. The summed E-state index contributed by atoms with van der Waals surface area (Å²) < 4.78 is 5.54. The standard InChI is InChI=1S/C19H30N2O3/c1-5-7-8-15(6-2)13-20-18(22)19(23)21-16-9-11-17(12-10-16)24-14(3)4/h9-12,14-15H,5-8,13H2,1-4H3,(H,20,22)(H,21,23)/t15-/m0/s1. The van der Waals surface area contributed by atoms with E-state index in [0.717, 1.165) is 31.4 Å². The lowest BCUT2D eigenvalue weighted by atomic mass is 9.99. The maximum absolute atomic E-state index is 11.9. The number of amides is 2. The first-order chi connectivity index (χ1) is 11.5. The summed E-state index contributed by atoms with van der Waals surface area (Å²) in [5.41, 5.74) is 0.573. The molecule has 0 unspecified atom stereocenters. The lowest BCUT2D eigenvalue weighted by molar-refractivity contribution is -0.136. The molecule has 0 aliphatic carbocycles. The molecule has 5 nitrogen and oxygen atoms in total. The van der Waals surface area contributed by atoms with Crippen LogP contribution in [0.4, 0.5) is 5.69 Å². The predicted molar refractivity (Wildman–Crippen MR) is 97.2 cm³/mol. The van der Waals surface area contributed by atoms with Crippen molar-refractivity contribution in [3.8, 4) is 5.75 Å². The topological polar surface area (TPSA) is 67.4 Å². The number of hydrogen-bond donors (Lipinski definition) is 2. The summed E-state index contributed by atoms with van der Waals surface area (Å²) in [5, 5.41) is 5.33. The van der Waals surface area contributed by atoms with E-state index in [-0.39, 0.29) is 6.10 Å². The first kappa shape index (κ1) is 20.0. The third-order valence-corrected chi connectivity index (χ3v) is 3.78. The van der Waals surface area contributed by atoms with E-state index in [1.807, 2.05) is 13.8 Å². The Hall–Kier alpha value is -2.04. The van der Waals surface area contributed by atoms with Crippen molar-refractivity contribution in [3.63, 3.8) is 0 Å². The van der Waals surface area contributed by atoms with E-state index < -0.39 is 11.8 Å². The van der Waals surface area contributed by atoms with Crippen LogP contribution in [0.15, 0.2) is 24.3 Å². The maximum atomic E-state index is 11.9. The van der Waals surface area contributed by atoms with Crippen molar-refractivity contribution in [2.75, 3.05) is 11.9 Å². The molecule has 24 heavy (non-hydrogen) atoms. The normalized spacial score (nSPS) is 11.9. The van der Waals surface area contributed by atoms with Crippen LogP contribution in [-0.4, -0.2) is 24.5 Å². The van der Waals surface area contributed by atoms with E-state index in [0.29, 0.717) is 18.2 Å². The molecule has 134 valence electrons. The van der Waals surface area contributed by atoms with Crippen molar-refractivity contribution in [3.05, 3.63) is 24.3 Å². The van der Waals surface area contributed by atoms with Crippen molar-refractivity contribution in [2.45, 2.75) is 59.5 Å². The maximum Gasteiger partial charge on any atom is 0.313 e. The van der Waals surface area contributed by atoms with Crippen molar-refractivity contribution >= 4 is 17.5 Å². The second kappa shape index (κ2) is 10.7. The molecule has 1 aromatic rings. The van der Waals surface area contributed by atoms with Crippen LogP contribution in [-0.2, 0) is 9.59 Å². The Balaban J connectivity index is 2.44. The summed E-state index contributed by atoms with van der Waals surface area (Å²) in [5.74, 6) is -0.0753. The number of unbranched alkanes of at least 4 members (excludes halogenated alkanes) is 1. The fourth-order valence-corrected chi connectivity index (χ4v) is 2.34. The minimum Gasteiger partial charge on any atom is -0.491 e. The summed E-state index contributed by atoms with van der Waals surface area (Å²) in [6.07, 6.45) is 4.45. The predicted octanol–water partition coefficient (Wildman–Crippen LogP) is 3.74. The molecular weight excluding hydrogens is 304 g/mol. The van der Waals surface area contributed by atoms with Crippen LogP contribution in [0.5, 0.6) is 5.75 Å². The molecule has 1 rings (SSSR count). The molecule has 0 radical (unpaired) electrons.